The molecule has 49 heavy (non-hydrogen) atoms. The van der Waals surface area contributed by atoms with E-state index in [-0.39, 0.29) is 69.8 Å². The van der Waals surface area contributed by atoms with E-state index < -0.39 is 59.1 Å². The number of hydrogen-bond donors (Lipinski definition) is 4. The molecule has 5 aliphatic rings. The molecular weight excluding hydrogens is 680 g/mol. The number of nitrogens with one attached hydrogen (secondary N) is 1. The number of Topliss-reactive ketones (excluding diaryl/α,β-unsaturated/α-hetero) is 1. The zero-order chi connectivity index (χ0) is 35.3. The summed E-state index contributed by atoms with van der Waals surface area (Å²) in [4.78, 5) is 74.4. The van der Waals surface area contributed by atoms with Gasteiger partial charge in [-0.1, -0.05) is 18.8 Å². The fraction of sp³-hybridized carbons (Fsp3) is 0.294. The second kappa shape index (κ2) is 13.2. The summed E-state index contributed by atoms with van der Waals surface area (Å²) in [7, 11) is 0. The number of allylic oxidation sites excluding steroid dienone is 9. The molecule has 2 atom stereocenters. The maximum Gasteiger partial charge on any atom is 2.00 e. The minimum absolute atomic E-state index is 0. The monoisotopic (exact) mass is 710 g/mol. The van der Waals surface area contributed by atoms with Crippen molar-refractivity contribution in [3.63, 3.8) is 0 Å². The first-order valence-corrected chi connectivity index (χ1v) is 14.8. The summed E-state index contributed by atoms with van der Waals surface area (Å²) in [6.07, 6.45) is 6.23. The number of aliphatic carboxylic acids is 4. The van der Waals surface area contributed by atoms with Crippen molar-refractivity contribution in [2.45, 2.75) is 53.4 Å². The maximum atomic E-state index is 13.9. The normalized spacial score (nSPS) is 24.5. The van der Waals surface area contributed by atoms with E-state index >= 15 is 0 Å². The number of rotatable bonds is 9. The van der Waals surface area contributed by atoms with Crippen LogP contribution >= 0.6 is 0 Å². The maximum absolute atomic E-state index is 13.9. The molecule has 5 rings (SSSR count). The van der Waals surface area contributed by atoms with Crippen LogP contribution in [0.1, 0.15) is 53.4 Å². The molecule has 2 unspecified atom stereocenters. The van der Waals surface area contributed by atoms with Crippen LogP contribution in [0.3, 0.4) is 0 Å². The van der Waals surface area contributed by atoms with Crippen molar-refractivity contribution in [3.05, 3.63) is 93.0 Å². The molecule has 0 fully saturated rings. The summed E-state index contributed by atoms with van der Waals surface area (Å²) in [5.74, 6) is -6.39. The summed E-state index contributed by atoms with van der Waals surface area (Å²) in [5.41, 5.74) is -0.561. The van der Waals surface area contributed by atoms with Crippen molar-refractivity contribution < 1.29 is 66.6 Å². The third-order valence-electron chi connectivity index (χ3n) is 8.94. The minimum atomic E-state index is -1.70. The quantitative estimate of drug-likeness (QED) is 0.197. The van der Waals surface area contributed by atoms with E-state index in [4.69, 9.17) is 0 Å². The van der Waals surface area contributed by atoms with Gasteiger partial charge in [0.1, 0.15) is 5.71 Å². The van der Waals surface area contributed by atoms with Crippen molar-refractivity contribution in [2.24, 2.45) is 25.8 Å². The van der Waals surface area contributed by atoms with E-state index in [1.807, 2.05) is 0 Å². The van der Waals surface area contributed by atoms with Crippen LogP contribution in [0.4, 0.5) is 0 Å². The van der Waals surface area contributed by atoms with Gasteiger partial charge in [0, 0.05) is 28.8 Å². The fourth-order valence-corrected chi connectivity index (χ4v) is 6.18. The van der Waals surface area contributed by atoms with E-state index in [1.54, 1.807) is 13.8 Å². The molecule has 254 valence electrons. The summed E-state index contributed by atoms with van der Waals surface area (Å²) >= 11 is 0. The Labute approximate surface area is 290 Å². The van der Waals surface area contributed by atoms with E-state index in [0.717, 1.165) is 6.08 Å². The van der Waals surface area contributed by atoms with Gasteiger partial charge in [-0.3, -0.25) is 19.2 Å². The molecule has 4 N–H and O–H groups in total. The second-order valence-corrected chi connectivity index (χ2v) is 12.3. The van der Waals surface area contributed by atoms with Crippen LogP contribution in [-0.4, -0.2) is 62.1 Å². The molecule has 5 aliphatic heterocycles. The number of carboxylic acids is 4. The number of carbonyl (C=O) groups excluding carboxylic acids is 2. The first kappa shape index (κ1) is 36.4. The average molecular weight is 710 g/mol. The zero-order valence-corrected chi connectivity index (χ0v) is 27.8. The summed E-state index contributed by atoms with van der Waals surface area (Å²) < 4.78 is 0. The molecule has 15 heteroatoms. The minimum Gasteiger partial charge on any atom is -0.873 e. The van der Waals surface area contributed by atoms with Gasteiger partial charge in [0.15, 0.2) is 5.78 Å². The molecule has 0 radical (unpaired) electrons. The van der Waals surface area contributed by atoms with E-state index in [1.165, 1.54) is 44.2 Å². The molecule has 0 aromatic carbocycles. The predicted molar refractivity (Wildman–Crippen MR) is 167 cm³/mol. The van der Waals surface area contributed by atoms with Crippen LogP contribution in [-0.2, 0) is 41.0 Å². The third kappa shape index (κ3) is 6.67. The Kier molecular flexibility index (Phi) is 9.85. The van der Waals surface area contributed by atoms with Crippen molar-refractivity contribution in [3.8, 4) is 0 Å². The van der Waals surface area contributed by atoms with Gasteiger partial charge in [0.2, 0.25) is 0 Å². The van der Waals surface area contributed by atoms with E-state index in [9.17, 15) is 49.5 Å². The topological polar surface area (TPSA) is 241 Å². The van der Waals surface area contributed by atoms with Crippen molar-refractivity contribution >= 4 is 46.8 Å². The average Bonchev–Trinajstić information content (AvgIpc) is 3.58. The molecule has 0 saturated carbocycles. The van der Waals surface area contributed by atoms with Crippen LogP contribution in [0.5, 0.6) is 0 Å². The fourth-order valence-electron chi connectivity index (χ4n) is 6.18. The number of fused-ring (bicyclic) bond motifs is 5. The number of hydrogen-bond acceptors (Lipinski definition) is 11. The third-order valence-corrected chi connectivity index (χ3v) is 8.94. The Morgan fingerprint density at radius 1 is 0.837 bits per heavy atom. The van der Waals surface area contributed by atoms with Crippen molar-refractivity contribution in [1.82, 2.24) is 5.32 Å². The van der Waals surface area contributed by atoms with Gasteiger partial charge in [-0.25, -0.2) is 15.0 Å². The van der Waals surface area contributed by atoms with E-state index in [0.29, 0.717) is 28.0 Å². The van der Waals surface area contributed by atoms with E-state index in [2.05, 4.69) is 20.3 Å². The molecule has 14 nitrogen and oxygen atoms in total. The largest absolute Gasteiger partial charge is 2.00 e. The smallest absolute Gasteiger partial charge is 0.873 e. The Hall–Kier alpha value is -5.40. The Morgan fingerprint density at radius 2 is 1.45 bits per heavy atom. The molecule has 0 saturated heterocycles. The summed E-state index contributed by atoms with van der Waals surface area (Å²) in [5, 5.41) is 57.1. The molecule has 0 spiro atoms. The molecule has 0 aromatic rings. The number of carboxylic acid groups (broad SMARTS) is 4. The van der Waals surface area contributed by atoms with Crippen LogP contribution in [0.2, 0.25) is 0 Å². The van der Waals surface area contributed by atoms with Crippen molar-refractivity contribution in [2.75, 3.05) is 0 Å². The Balaban J connectivity index is 0.00000541. The molecule has 8 bridgehead atoms. The molecular formula is C34H30FeN4O10. The molecule has 0 aromatic heterocycles. The van der Waals surface area contributed by atoms with Gasteiger partial charge in [0.25, 0.3) is 0 Å². The Bertz CT molecular complexity index is 1980. The SMILES string of the molecule is CC1=C(/C=C/C(=O)[O-])C2=CC3=NC(=CC4=NC(=CC5=C([O-])C(C)(CC(=O)O)C(=CC1=N2)N5)C(C)(CC(=O)O)C4=O)C(C)=C3CCC(=O)O.[Fe+2]. The molecule has 5 heterocycles. The predicted octanol–water partition coefficient (Wildman–Crippen LogP) is 1.41. The summed E-state index contributed by atoms with van der Waals surface area (Å²) in [6, 6.07) is 0. The van der Waals surface area contributed by atoms with Crippen LogP contribution < -0.4 is 15.5 Å². The zero-order valence-electron chi connectivity index (χ0n) is 26.7. The number of nitrogens with zero attached hydrogens (tertiary/aromatic N) is 3. The van der Waals surface area contributed by atoms with Crippen LogP contribution in [0, 0.1) is 10.8 Å². The molecule has 0 aliphatic carbocycles. The van der Waals surface area contributed by atoms with Crippen LogP contribution in [0.25, 0.3) is 0 Å². The van der Waals surface area contributed by atoms with Gasteiger partial charge < -0.3 is 35.6 Å². The molecule has 0 amide bonds. The van der Waals surface area contributed by atoms with Gasteiger partial charge in [-0.05, 0) is 74.3 Å². The van der Waals surface area contributed by atoms with Gasteiger partial charge >= 0.3 is 35.0 Å². The standard InChI is InChI=1S/C34H32N4O10.Fe/c1-15-17(5-7-27(39)40)21-10-22-18(6-8-28(41)42)16(2)20(36-22)11-25-33(3,13-29(43)44)32(48)24(38-25)12-26-34(4,14-30(45)46)31(47)23(37-26)9-19(15)35-21;/h6,8-12,38,48H,5,7,13-14H2,1-4H3,(H,39,40)(H,41,42)(H,43,44)(H,45,46);/q;+2/p-2/b8-6+,19-9?,22-10?,25-11?,26-12?;. The van der Waals surface area contributed by atoms with Gasteiger partial charge in [-0.15, -0.1) is 0 Å². The number of carbonyl (C=O) groups is 5. The first-order chi connectivity index (χ1) is 22.4. The number of ketones is 1. The van der Waals surface area contributed by atoms with Gasteiger partial charge in [-0.2, -0.15) is 0 Å². The second-order valence-electron chi connectivity index (χ2n) is 12.3. The first-order valence-electron chi connectivity index (χ1n) is 14.8. The van der Waals surface area contributed by atoms with Crippen LogP contribution in [0.15, 0.2) is 108 Å². The summed E-state index contributed by atoms with van der Waals surface area (Å²) in [6.45, 7) is 6.16. The Morgan fingerprint density at radius 3 is 2.06 bits per heavy atom. The number of aliphatic imine (C=N–C) groups is 3. The van der Waals surface area contributed by atoms with Gasteiger partial charge in [0.05, 0.1) is 52.7 Å². The van der Waals surface area contributed by atoms with Crippen molar-refractivity contribution in [1.29, 1.82) is 0 Å².